The predicted molar refractivity (Wildman–Crippen MR) is 89.9 cm³/mol. The Hall–Kier alpha value is -1.21. The van der Waals surface area contributed by atoms with Gasteiger partial charge in [-0.25, -0.2) is 0 Å². The minimum atomic E-state index is -1.40. The van der Waals surface area contributed by atoms with Gasteiger partial charge in [0.2, 0.25) is 0 Å². The lowest BCUT2D eigenvalue weighted by Crippen LogP contribution is -2.74. The number of hydrogen-bond acceptors (Lipinski definition) is 6. The summed E-state index contributed by atoms with van der Waals surface area (Å²) >= 11 is 0. The van der Waals surface area contributed by atoms with Crippen LogP contribution in [-0.4, -0.2) is 41.1 Å². The third-order valence-corrected chi connectivity index (χ3v) is 7.97. The molecule has 2 saturated heterocycles. The highest BCUT2D eigenvalue weighted by molar-refractivity contribution is 5.88. The second-order valence-electron chi connectivity index (χ2n) is 8.78. The number of carbonyl (C=O) groups is 1. The average Bonchev–Trinajstić information content (AvgIpc) is 3.28. The standard InChI is InChI=1S/C20H26O6/c1-12-7-16(22)20-11-25-17-19(12,8-14(26-17)13-4-6-24-9-13)15(20)3-2-5-18(20,23)10-21/h4,6,9,12,14-15,17,21,23H,2-3,5,7-8,10-11H2,1H3/t12-,14+,15-,17-,18+,19+,20+/m1/s1. The highest BCUT2D eigenvalue weighted by Crippen LogP contribution is 2.70. The highest BCUT2D eigenvalue weighted by Gasteiger charge is 2.75. The lowest BCUT2D eigenvalue weighted by molar-refractivity contribution is -0.319. The molecule has 1 aromatic heterocycles. The van der Waals surface area contributed by atoms with E-state index in [1.54, 1.807) is 12.5 Å². The summed E-state index contributed by atoms with van der Waals surface area (Å²) in [6.07, 6.45) is 6.08. The van der Waals surface area contributed by atoms with Crippen LogP contribution in [0.25, 0.3) is 0 Å². The second-order valence-corrected chi connectivity index (χ2v) is 8.78. The molecule has 4 fully saturated rings. The summed E-state index contributed by atoms with van der Waals surface area (Å²) in [6.45, 7) is 1.84. The fourth-order valence-electron chi connectivity index (χ4n) is 6.64. The van der Waals surface area contributed by atoms with Crippen molar-refractivity contribution in [2.45, 2.75) is 57.0 Å². The van der Waals surface area contributed by atoms with Gasteiger partial charge in [-0.15, -0.1) is 0 Å². The van der Waals surface area contributed by atoms with Gasteiger partial charge in [-0.05, 0) is 37.2 Å². The number of hydrogen-bond donors (Lipinski definition) is 2. The van der Waals surface area contributed by atoms with Gasteiger partial charge in [0.15, 0.2) is 6.29 Å². The van der Waals surface area contributed by atoms with E-state index in [0.717, 1.165) is 24.8 Å². The van der Waals surface area contributed by atoms with Crippen LogP contribution >= 0.6 is 0 Å². The molecule has 2 N–H and O–H groups in total. The Labute approximate surface area is 152 Å². The van der Waals surface area contributed by atoms with Gasteiger partial charge in [-0.2, -0.15) is 0 Å². The molecule has 2 bridgehead atoms. The number of aliphatic hydroxyl groups excluding tert-OH is 1. The number of carbonyl (C=O) groups excluding carboxylic acids is 1. The van der Waals surface area contributed by atoms with Crippen LogP contribution in [0.2, 0.25) is 0 Å². The predicted octanol–water partition coefficient (Wildman–Crippen LogP) is 2.20. The zero-order valence-corrected chi connectivity index (χ0v) is 15.0. The van der Waals surface area contributed by atoms with Crippen LogP contribution < -0.4 is 0 Å². The van der Waals surface area contributed by atoms with Gasteiger partial charge in [0.1, 0.15) is 11.4 Å². The maximum atomic E-state index is 13.2. The summed E-state index contributed by atoms with van der Waals surface area (Å²) < 4.78 is 17.7. The normalized spacial score (nSPS) is 50.3. The maximum Gasteiger partial charge on any atom is 0.164 e. The van der Waals surface area contributed by atoms with E-state index in [1.165, 1.54) is 0 Å². The maximum absolute atomic E-state index is 13.2. The molecule has 142 valence electrons. The van der Waals surface area contributed by atoms with Crippen LogP contribution in [0.3, 0.4) is 0 Å². The Morgan fingerprint density at radius 2 is 2.23 bits per heavy atom. The molecule has 26 heavy (non-hydrogen) atoms. The first-order valence-corrected chi connectivity index (χ1v) is 9.64. The Morgan fingerprint density at radius 1 is 1.38 bits per heavy atom. The summed E-state index contributed by atoms with van der Waals surface area (Å²) in [5.41, 5.74) is -1.76. The van der Waals surface area contributed by atoms with Crippen LogP contribution in [0.15, 0.2) is 23.0 Å². The Morgan fingerprint density at radius 3 is 2.96 bits per heavy atom. The van der Waals surface area contributed by atoms with Crippen molar-refractivity contribution < 1.29 is 28.9 Å². The Balaban J connectivity index is 1.63. The molecule has 2 saturated carbocycles. The zero-order valence-electron chi connectivity index (χ0n) is 15.0. The van der Waals surface area contributed by atoms with Crippen molar-refractivity contribution in [2.24, 2.45) is 22.7 Å². The van der Waals surface area contributed by atoms with Crippen molar-refractivity contribution in [1.29, 1.82) is 0 Å². The van der Waals surface area contributed by atoms with E-state index in [1.807, 2.05) is 6.07 Å². The molecule has 6 nitrogen and oxygen atoms in total. The molecular formula is C20H26O6. The van der Waals surface area contributed by atoms with Crippen LogP contribution in [-0.2, 0) is 14.3 Å². The number of ether oxygens (including phenoxy) is 2. The van der Waals surface area contributed by atoms with Crippen molar-refractivity contribution in [3.05, 3.63) is 24.2 Å². The van der Waals surface area contributed by atoms with Crippen LogP contribution in [0.4, 0.5) is 0 Å². The number of ketones is 1. The minimum absolute atomic E-state index is 0.0344. The molecule has 6 heteroatoms. The van der Waals surface area contributed by atoms with Crippen LogP contribution in [0.5, 0.6) is 0 Å². The van der Waals surface area contributed by atoms with Crippen molar-refractivity contribution in [3.8, 4) is 0 Å². The molecule has 0 amide bonds. The monoisotopic (exact) mass is 362 g/mol. The smallest absolute Gasteiger partial charge is 0.164 e. The van der Waals surface area contributed by atoms with Gasteiger partial charge in [-0.3, -0.25) is 4.79 Å². The molecule has 0 unspecified atom stereocenters. The van der Waals surface area contributed by atoms with E-state index in [2.05, 4.69) is 6.92 Å². The second kappa shape index (κ2) is 5.41. The third kappa shape index (κ3) is 1.79. The van der Waals surface area contributed by atoms with E-state index >= 15 is 0 Å². The van der Waals surface area contributed by atoms with Gasteiger partial charge in [0, 0.05) is 17.4 Å². The highest BCUT2D eigenvalue weighted by atomic mass is 16.7. The molecule has 4 aliphatic rings. The summed E-state index contributed by atoms with van der Waals surface area (Å²) in [4.78, 5) is 13.2. The quantitative estimate of drug-likeness (QED) is 0.838. The van der Waals surface area contributed by atoms with Gasteiger partial charge >= 0.3 is 0 Å². The first-order chi connectivity index (χ1) is 12.5. The van der Waals surface area contributed by atoms with E-state index in [-0.39, 0.29) is 42.0 Å². The van der Waals surface area contributed by atoms with Crippen molar-refractivity contribution in [2.75, 3.05) is 13.2 Å². The van der Waals surface area contributed by atoms with Crippen LogP contribution in [0.1, 0.15) is 50.7 Å². The Bertz CT molecular complexity index is 716. The fourth-order valence-corrected chi connectivity index (χ4v) is 6.64. The summed E-state index contributed by atoms with van der Waals surface area (Å²) in [7, 11) is 0. The van der Waals surface area contributed by atoms with E-state index < -0.39 is 17.6 Å². The molecular weight excluding hydrogens is 336 g/mol. The number of Topliss-reactive ketones (excluding diaryl/α,β-unsaturated/α-hetero) is 1. The van der Waals surface area contributed by atoms with Crippen molar-refractivity contribution >= 4 is 5.78 Å². The van der Waals surface area contributed by atoms with E-state index in [9.17, 15) is 15.0 Å². The van der Waals surface area contributed by atoms with Gasteiger partial charge in [-0.1, -0.05) is 13.3 Å². The van der Waals surface area contributed by atoms with Gasteiger partial charge in [0.05, 0.1) is 37.3 Å². The van der Waals surface area contributed by atoms with E-state index in [0.29, 0.717) is 12.8 Å². The summed E-state index contributed by atoms with van der Waals surface area (Å²) in [6, 6.07) is 1.91. The lowest BCUT2D eigenvalue weighted by atomic mass is 9.41. The average molecular weight is 362 g/mol. The molecule has 0 radical (unpaired) electrons. The molecule has 5 rings (SSSR count). The largest absolute Gasteiger partial charge is 0.472 e. The first kappa shape index (κ1) is 16.9. The Kier molecular flexibility index (Phi) is 3.52. The first-order valence-electron chi connectivity index (χ1n) is 9.64. The fraction of sp³-hybridized carbons (Fsp3) is 0.750. The van der Waals surface area contributed by atoms with Gasteiger partial charge in [0.25, 0.3) is 0 Å². The zero-order chi connectivity index (χ0) is 18.2. The molecule has 1 aromatic rings. The SMILES string of the molecule is C[C@@H]1CC(=O)[C@]23CO[C@@H]4O[C@H](c5ccoc5)C[C@]41[C@H]2CCC[C@]3(O)CO. The number of aliphatic hydroxyl groups is 2. The minimum Gasteiger partial charge on any atom is -0.472 e. The molecule has 3 heterocycles. The summed E-state index contributed by atoms with van der Waals surface area (Å²) in [5.74, 6) is 0.117. The van der Waals surface area contributed by atoms with E-state index in [4.69, 9.17) is 13.9 Å². The number of furan rings is 1. The lowest BCUT2D eigenvalue weighted by Gasteiger charge is -2.66. The molecule has 2 aliphatic heterocycles. The number of rotatable bonds is 2. The van der Waals surface area contributed by atoms with Crippen LogP contribution in [0, 0.1) is 22.7 Å². The molecule has 0 aromatic carbocycles. The van der Waals surface area contributed by atoms with Crippen molar-refractivity contribution in [1.82, 2.24) is 0 Å². The van der Waals surface area contributed by atoms with Gasteiger partial charge < -0.3 is 24.1 Å². The molecule has 2 aliphatic carbocycles. The molecule has 1 spiro atoms. The topological polar surface area (TPSA) is 89.1 Å². The summed E-state index contributed by atoms with van der Waals surface area (Å²) in [5, 5.41) is 21.3. The third-order valence-electron chi connectivity index (χ3n) is 7.97. The van der Waals surface area contributed by atoms with Crippen molar-refractivity contribution in [3.63, 3.8) is 0 Å². The molecule has 7 atom stereocenters.